The van der Waals surface area contributed by atoms with Crippen molar-refractivity contribution in [3.8, 4) is 5.75 Å². The maximum atomic E-state index is 13.6. The lowest BCUT2D eigenvalue weighted by Crippen LogP contribution is -2.39. The molecule has 3 rings (SSSR count). The van der Waals surface area contributed by atoms with E-state index >= 15 is 0 Å². The molecular weight excluding hydrogens is 580 g/mol. The summed E-state index contributed by atoms with van der Waals surface area (Å²) < 4.78 is 39.4. The Balaban J connectivity index is 2.00. The topological polar surface area (TPSA) is 144 Å². The Labute approximate surface area is 220 Å². The molecule has 0 saturated carbocycles. The van der Waals surface area contributed by atoms with Crippen molar-refractivity contribution in [1.82, 2.24) is 5.43 Å². The van der Waals surface area contributed by atoms with E-state index < -0.39 is 32.3 Å². The lowest BCUT2D eigenvalue weighted by atomic mass is 10.2. The summed E-state index contributed by atoms with van der Waals surface area (Å²) in [5.74, 6) is 0.269. The van der Waals surface area contributed by atoms with E-state index in [9.17, 15) is 23.3 Å². The third-order valence-corrected chi connectivity index (χ3v) is 7.70. The number of carbonyl (C=O) groups excluding carboxylic acids is 1. The zero-order valence-electron chi connectivity index (χ0n) is 19.2. The third kappa shape index (κ3) is 6.04. The molecule has 190 valence electrons. The summed E-state index contributed by atoms with van der Waals surface area (Å²) in [6, 6.07) is 9.33. The van der Waals surface area contributed by atoms with Gasteiger partial charge in [-0.3, -0.25) is 19.2 Å². The number of halogens is 2. The molecule has 0 aliphatic heterocycles. The van der Waals surface area contributed by atoms with Gasteiger partial charge in [0, 0.05) is 22.7 Å². The van der Waals surface area contributed by atoms with E-state index in [-0.39, 0.29) is 27.7 Å². The number of nitro groups is 1. The molecule has 0 radical (unpaired) electrons. The van der Waals surface area contributed by atoms with Gasteiger partial charge in [-0.25, -0.2) is 13.8 Å². The molecule has 0 atom stereocenters. The van der Waals surface area contributed by atoms with Gasteiger partial charge < -0.3 is 9.15 Å². The minimum absolute atomic E-state index is 0.0436. The van der Waals surface area contributed by atoms with Crippen LogP contribution in [0.3, 0.4) is 0 Å². The molecule has 0 spiro atoms. The zero-order chi connectivity index (χ0) is 26.6. The highest BCUT2D eigenvalue weighted by molar-refractivity contribution is 9.10. The van der Waals surface area contributed by atoms with Crippen LogP contribution in [0.2, 0.25) is 5.02 Å². The maximum Gasteiger partial charge on any atom is 0.273 e. The van der Waals surface area contributed by atoms with Gasteiger partial charge in [-0.2, -0.15) is 5.10 Å². The lowest BCUT2D eigenvalue weighted by molar-refractivity contribution is -0.385. The Morgan fingerprint density at radius 3 is 2.61 bits per heavy atom. The van der Waals surface area contributed by atoms with E-state index in [2.05, 4.69) is 26.5 Å². The smallest absolute Gasteiger partial charge is 0.273 e. The molecular formula is C22H20BrClN4O7S. The maximum absolute atomic E-state index is 13.6. The SMILES string of the molecule is COc1ccc(Cl)cc1N(CC(=O)N/N=C\c1cc(Br)c(C)o1)S(=O)(=O)c1ccc(C)c([N+](=O)[O-])c1. The first-order valence-electron chi connectivity index (χ1n) is 10.1. The second-order valence-electron chi connectivity index (χ2n) is 7.38. The van der Waals surface area contributed by atoms with Crippen LogP contribution in [0.5, 0.6) is 5.75 Å². The van der Waals surface area contributed by atoms with E-state index in [0.717, 1.165) is 10.4 Å². The highest BCUT2D eigenvalue weighted by Gasteiger charge is 2.31. The number of hydrazone groups is 1. The van der Waals surface area contributed by atoms with Crippen molar-refractivity contribution >= 4 is 61.1 Å². The van der Waals surface area contributed by atoms with Gasteiger partial charge in [0.25, 0.3) is 21.6 Å². The highest BCUT2D eigenvalue weighted by atomic mass is 79.9. The highest BCUT2D eigenvalue weighted by Crippen LogP contribution is 2.35. The molecule has 0 unspecified atom stereocenters. The van der Waals surface area contributed by atoms with Crippen molar-refractivity contribution in [3.05, 3.63) is 79.2 Å². The minimum Gasteiger partial charge on any atom is -0.495 e. The van der Waals surface area contributed by atoms with Crippen molar-refractivity contribution < 1.29 is 27.3 Å². The second-order valence-corrected chi connectivity index (χ2v) is 10.5. The number of rotatable bonds is 9. The van der Waals surface area contributed by atoms with Gasteiger partial charge in [0.1, 0.15) is 23.8 Å². The summed E-state index contributed by atoms with van der Waals surface area (Å²) in [5.41, 5.74) is 2.09. The summed E-state index contributed by atoms with van der Waals surface area (Å²) in [6.45, 7) is 2.48. The molecule has 1 heterocycles. The number of benzene rings is 2. The van der Waals surface area contributed by atoms with E-state index in [0.29, 0.717) is 16.0 Å². The fraction of sp³-hybridized carbons (Fsp3) is 0.182. The van der Waals surface area contributed by atoms with Crippen molar-refractivity contribution in [2.45, 2.75) is 18.7 Å². The van der Waals surface area contributed by atoms with Crippen LogP contribution in [0.4, 0.5) is 11.4 Å². The molecule has 1 amide bonds. The number of aryl methyl sites for hydroxylation is 2. The number of carbonyl (C=O) groups is 1. The summed E-state index contributed by atoms with van der Waals surface area (Å²) in [4.78, 5) is 23.0. The fourth-order valence-electron chi connectivity index (χ4n) is 3.11. The normalized spacial score (nSPS) is 11.5. The molecule has 0 bridgehead atoms. The van der Waals surface area contributed by atoms with Crippen LogP contribution in [0.25, 0.3) is 0 Å². The van der Waals surface area contributed by atoms with Crippen molar-refractivity contribution in [1.29, 1.82) is 0 Å². The van der Waals surface area contributed by atoms with Crippen molar-refractivity contribution in [3.63, 3.8) is 0 Å². The quantitative estimate of drug-likeness (QED) is 0.215. The molecule has 3 aromatic rings. The van der Waals surface area contributed by atoms with Gasteiger partial charge in [0.2, 0.25) is 0 Å². The molecule has 0 aliphatic rings. The summed E-state index contributed by atoms with van der Waals surface area (Å²) >= 11 is 9.40. The number of methoxy groups -OCH3 is 1. The predicted octanol–water partition coefficient (Wildman–Crippen LogP) is 4.57. The number of nitrogens with zero attached hydrogens (tertiary/aromatic N) is 3. The minimum atomic E-state index is -4.50. The van der Waals surface area contributed by atoms with Gasteiger partial charge in [0.15, 0.2) is 0 Å². The lowest BCUT2D eigenvalue weighted by Gasteiger charge is -2.25. The Hall–Kier alpha value is -3.42. The molecule has 0 fully saturated rings. The number of amides is 1. The molecule has 36 heavy (non-hydrogen) atoms. The van der Waals surface area contributed by atoms with Crippen LogP contribution in [0.15, 0.2) is 61.4 Å². The van der Waals surface area contributed by atoms with Gasteiger partial charge in [0.05, 0.1) is 33.3 Å². The summed E-state index contributed by atoms with van der Waals surface area (Å²) in [7, 11) is -3.18. The van der Waals surface area contributed by atoms with E-state index in [1.54, 1.807) is 13.0 Å². The average molecular weight is 600 g/mol. The van der Waals surface area contributed by atoms with Gasteiger partial charge >= 0.3 is 0 Å². The largest absolute Gasteiger partial charge is 0.495 e. The zero-order valence-corrected chi connectivity index (χ0v) is 22.3. The Morgan fingerprint density at radius 2 is 2.00 bits per heavy atom. The van der Waals surface area contributed by atoms with E-state index in [1.807, 2.05) is 0 Å². The summed E-state index contributed by atoms with van der Waals surface area (Å²) in [5, 5.41) is 15.4. The number of nitro benzene ring substituents is 1. The van der Waals surface area contributed by atoms with E-state index in [1.165, 1.54) is 50.6 Å². The number of anilines is 1. The molecule has 1 N–H and O–H groups in total. The van der Waals surface area contributed by atoms with Gasteiger partial charge in [-0.1, -0.05) is 17.7 Å². The molecule has 2 aromatic carbocycles. The van der Waals surface area contributed by atoms with Crippen LogP contribution in [-0.2, 0) is 14.8 Å². The Morgan fingerprint density at radius 1 is 1.28 bits per heavy atom. The number of hydrogen-bond acceptors (Lipinski definition) is 8. The molecule has 0 saturated heterocycles. The second kappa shape index (κ2) is 11.1. The standard InChI is InChI=1S/C22H20BrClN4O7S/c1-13-4-6-17(10-19(13)28(30)31)36(32,33)27(20-8-15(24)5-7-21(20)34-3)12-22(29)26-25-11-16-9-18(23)14(2)35-16/h4-11H,12H2,1-3H3,(H,26,29)/b25-11-. The number of sulfonamides is 1. The van der Waals surface area contributed by atoms with Crippen LogP contribution >= 0.6 is 27.5 Å². The van der Waals surface area contributed by atoms with E-state index in [4.69, 9.17) is 20.8 Å². The van der Waals surface area contributed by atoms with Crippen molar-refractivity contribution in [2.24, 2.45) is 5.10 Å². The van der Waals surface area contributed by atoms with Crippen LogP contribution in [-0.4, -0.2) is 39.1 Å². The fourth-order valence-corrected chi connectivity index (χ4v) is 5.03. The van der Waals surface area contributed by atoms with Gasteiger partial charge in [-0.15, -0.1) is 0 Å². The van der Waals surface area contributed by atoms with Crippen molar-refractivity contribution in [2.75, 3.05) is 18.0 Å². The number of furan rings is 1. The first-order valence-corrected chi connectivity index (χ1v) is 12.7. The summed E-state index contributed by atoms with van der Waals surface area (Å²) in [6.07, 6.45) is 1.25. The predicted molar refractivity (Wildman–Crippen MR) is 137 cm³/mol. The first-order chi connectivity index (χ1) is 16.9. The van der Waals surface area contributed by atoms with Crippen LogP contribution in [0, 0.1) is 24.0 Å². The Kier molecular flexibility index (Phi) is 8.38. The van der Waals surface area contributed by atoms with Crippen LogP contribution in [0.1, 0.15) is 17.1 Å². The number of hydrogen-bond donors (Lipinski definition) is 1. The molecule has 1 aromatic heterocycles. The molecule has 11 nitrogen and oxygen atoms in total. The molecule has 14 heteroatoms. The molecule has 0 aliphatic carbocycles. The third-order valence-electron chi connectivity index (χ3n) is 4.92. The monoisotopic (exact) mass is 598 g/mol. The first kappa shape index (κ1) is 27.2. The number of nitrogens with one attached hydrogen (secondary N) is 1. The Bertz CT molecular complexity index is 1440. The van der Waals surface area contributed by atoms with Crippen LogP contribution < -0.4 is 14.5 Å². The average Bonchev–Trinajstić information content (AvgIpc) is 3.14. The van der Waals surface area contributed by atoms with Gasteiger partial charge in [-0.05, 0) is 54.0 Å². The number of ether oxygens (including phenoxy) is 1.